The van der Waals surface area contributed by atoms with Gasteiger partial charge < -0.3 is 65.3 Å². The summed E-state index contributed by atoms with van der Waals surface area (Å²) in [6.07, 6.45) is -12.7. The van der Waals surface area contributed by atoms with Crippen LogP contribution in [0.5, 0.6) is 0 Å². The molecule has 0 aromatic carbocycles. The van der Waals surface area contributed by atoms with Gasteiger partial charge in [-0.1, -0.05) is 0 Å². The van der Waals surface area contributed by atoms with E-state index in [1.165, 1.54) is 6.92 Å². The maximum Gasteiger partial charge on any atom is 0.229 e. The van der Waals surface area contributed by atoms with E-state index in [1.54, 1.807) is 0 Å². The lowest BCUT2D eigenvalue weighted by atomic mass is 10.00. The van der Waals surface area contributed by atoms with E-state index in [0.717, 1.165) is 6.08 Å². The lowest BCUT2D eigenvalue weighted by Gasteiger charge is -2.39. The van der Waals surface area contributed by atoms with Crippen LogP contribution >= 0.6 is 0 Å². The summed E-state index contributed by atoms with van der Waals surface area (Å²) in [5.74, 6) is -2.43. The van der Waals surface area contributed by atoms with Crippen molar-refractivity contribution in [2.75, 3.05) is 19.8 Å². The lowest BCUT2D eigenvalue weighted by molar-refractivity contribution is -0.292. The predicted molar refractivity (Wildman–Crippen MR) is 101 cm³/mol. The van der Waals surface area contributed by atoms with Gasteiger partial charge in [0.15, 0.2) is 11.5 Å². The fourth-order valence-corrected chi connectivity index (χ4v) is 2.75. The third kappa shape index (κ3) is 7.54. The Morgan fingerprint density at radius 1 is 0.968 bits per heavy atom. The SMILES string of the molecule is CC1O[C@@H](O/C(=C(\O)[C@@H](O)CCO)[C@@H](O)O[C@H](CCO)/C(O)=C\CO)C(O)C(O)[C@@H]1O. The molecular weight excluding hydrogens is 424 g/mol. The number of ether oxygens (including phenoxy) is 3. The largest absolute Gasteiger partial charge is 0.510 e. The Balaban J connectivity index is 3.19. The normalized spacial score (nSPS) is 31.0. The second-order valence-corrected chi connectivity index (χ2v) is 6.88. The molecule has 10 N–H and O–H groups in total. The molecule has 1 fully saturated rings. The minimum atomic E-state index is -2.20. The maximum absolute atomic E-state index is 10.4. The van der Waals surface area contributed by atoms with E-state index in [9.17, 15) is 35.7 Å². The zero-order valence-corrected chi connectivity index (χ0v) is 16.9. The summed E-state index contributed by atoms with van der Waals surface area (Å²) in [6.45, 7) is -0.256. The molecule has 0 amide bonds. The molecule has 31 heavy (non-hydrogen) atoms. The van der Waals surface area contributed by atoms with Crippen LogP contribution in [0.1, 0.15) is 19.8 Å². The van der Waals surface area contributed by atoms with E-state index in [0.29, 0.717) is 0 Å². The number of hydrogen-bond acceptors (Lipinski definition) is 13. The first kappa shape index (κ1) is 27.5. The second kappa shape index (κ2) is 13.1. The molecule has 8 atom stereocenters. The number of aliphatic hydroxyl groups excluding tert-OH is 10. The van der Waals surface area contributed by atoms with Gasteiger partial charge >= 0.3 is 0 Å². The molecule has 1 saturated heterocycles. The van der Waals surface area contributed by atoms with Crippen LogP contribution < -0.4 is 0 Å². The predicted octanol–water partition coefficient (Wildman–Crippen LogP) is -3.14. The van der Waals surface area contributed by atoms with Gasteiger partial charge in [0.05, 0.1) is 12.7 Å². The average Bonchev–Trinajstić information content (AvgIpc) is 2.73. The van der Waals surface area contributed by atoms with E-state index in [-0.39, 0.29) is 12.8 Å². The van der Waals surface area contributed by atoms with Gasteiger partial charge in [0.25, 0.3) is 0 Å². The zero-order chi connectivity index (χ0) is 23.7. The smallest absolute Gasteiger partial charge is 0.229 e. The van der Waals surface area contributed by atoms with E-state index < -0.39 is 86.3 Å². The van der Waals surface area contributed by atoms with Gasteiger partial charge in [-0.25, -0.2) is 0 Å². The lowest BCUT2D eigenvalue weighted by Crippen LogP contribution is -2.57. The highest BCUT2D eigenvalue weighted by Crippen LogP contribution is 2.27. The van der Waals surface area contributed by atoms with E-state index in [4.69, 9.17) is 29.5 Å². The molecule has 1 heterocycles. The summed E-state index contributed by atoms with van der Waals surface area (Å²) in [5.41, 5.74) is 0. The van der Waals surface area contributed by atoms with Crippen molar-refractivity contribution in [3.8, 4) is 0 Å². The van der Waals surface area contributed by atoms with Crippen LogP contribution in [0.25, 0.3) is 0 Å². The van der Waals surface area contributed by atoms with E-state index >= 15 is 0 Å². The van der Waals surface area contributed by atoms with Crippen LogP contribution in [-0.2, 0) is 14.2 Å². The third-order valence-electron chi connectivity index (χ3n) is 4.56. The summed E-state index contributed by atoms with van der Waals surface area (Å²) in [6, 6.07) is 0. The van der Waals surface area contributed by atoms with E-state index in [1.807, 2.05) is 0 Å². The maximum atomic E-state index is 10.4. The molecule has 3 unspecified atom stereocenters. The van der Waals surface area contributed by atoms with Crippen molar-refractivity contribution < 1.29 is 65.3 Å². The van der Waals surface area contributed by atoms with Gasteiger partial charge in [-0.15, -0.1) is 0 Å². The summed E-state index contributed by atoms with van der Waals surface area (Å²) in [4.78, 5) is 0. The molecule has 0 spiro atoms. The summed E-state index contributed by atoms with van der Waals surface area (Å²) in [5, 5.41) is 97.4. The van der Waals surface area contributed by atoms with E-state index in [2.05, 4.69) is 0 Å². The molecule has 0 radical (unpaired) electrons. The van der Waals surface area contributed by atoms with Crippen molar-refractivity contribution in [3.63, 3.8) is 0 Å². The fourth-order valence-electron chi connectivity index (χ4n) is 2.75. The van der Waals surface area contributed by atoms with Crippen molar-refractivity contribution >= 4 is 0 Å². The molecule has 1 aliphatic rings. The molecule has 0 aliphatic carbocycles. The molecule has 13 nitrogen and oxygen atoms in total. The first-order valence-electron chi connectivity index (χ1n) is 9.61. The Morgan fingerprint density at radius 3 is 2.13 bits per heavy atom. The average molecular weight is 456 g/mol. The highest BCUT2D eigenvalue weighted by molar-refractivity contribution is 5.10. The highest BCUT2D eigenvalue weighted by atomic mass is 16.7. The van der Waals surface area contributed by atoms with Crippen molar-refractivity contribution in [3.05, 3.63) is 23.4 Å². The van der Waals surface area contributed by atoms with Crippen LogP contribution in [0.3, 0.4) is 0 Å². The molecular formula is C18H32O13. The Bertz CT molecular complexity index is 595. The first-order chi connectivity index (χ1) is 14.6. The Kier molecular flexibility index (Phi) is 11.6. The molecule has 182 valence electrons. The van der Waals surface area contributed by atoms with Gasteiger partial charge in [-0.2, -0.15) is 0 Å². The van der Waals surface area contributed by atoms with Crippen LogP contribution in [0, 0.1) is 0 Å². The topological polar surface area (TPSA) is 230 Å². The van der Waals surface area contributed by atoms with Crippen molar-refractivity contribution in [1.29, 1.82) is 0 Å². The number of aliphatic hydroxyl groups is 10. The quantitative estimate of drug-likeness (QED) is 0.103. The first-order valence-corrected chi connectivity index (χ1v) is 9.61. The molecule has 1 rings (SSSR count). The Hall–Kier alpha value is -1.52. The zero-order valence-electron chi connectivity index (χ0n) is 16.9. The molecule has 13 heteroatoms. The van der Waals surface area contributed by atoms with Gasteiger partial charge in [0, 0.05) is 26.1 Å². The van der Waals surface area contributed by atoms with Crippen molar-refractivity contribution in [1.82, 2.24) is 0 Å². The number of hydrogen-bond donors (Lipinski definition) is 10. The van der Waals surface area contributed by atoms with Gasteiger partial charge in [-0.3, -0.25) is 0 Å². The fraction of sp³-hybridized carbons (Fsp3) is 0.778. The van der Waals surface area contributed by atoms with Crippen molar-refractivity contribution in [2.45, 2.75) is 69.0 Å². The third-order valence-corrected chi connectivity index (χ3v) is 4.56. The Labute approximate surface area is 178 Å². The summed E-state index contributed by atoms with van der Waals surface area (Å²) < 4.78 is 15.7. The van der Waals surface area contributed by atoms with Gasteiger partial charge in [0.1, 0.15) is 36.3 Å². The van der Waals surface area contributed by atoms with Gasteiger partial charge in [0.2, 0.25) is 12.6 Å². The van der Waals surface area contributed by atoms with Crippen LogP contribution in [0.2, 0.25) is 0 Å². The minimum Gasteiger partial charge on any atom is -0.510 e. The summed E-state index contributed by atoms with van der Waals surface area (Å²) >= 11 is 0. The Morgan fingerprint density at radius 2 is 1.58 bits per heavy atom. The second-order valence-electron chi connectivity index (χ2n) is 6.88. The van der Waals surface area contributed by atoms with Crippen molar-refractivity contribution in [2.24, 2.45) is 0 Å². The monoisotopic (exact) mass is 456 g/mol. The molecule has 0 aromatic rings. The van der Waals surface area contributed by atoms with Crippen LogP contribution in [0.15, 0.2) is 23.4 Å². The molecule has 0 saturated carbocycles. The highest BCUT2D eigenvalue weighted by Gasteiger charge is 2.44. The van der Waals surface area contributed by atoms with Gasteiger partial charge in [-0.05, 0) is 13.0 Å². The van der Waals surface area contributed by atoms with Crippen LogP contribution in [-0.4, -0.2) is 120 Å². The number of rotatable bonds is 12. The van der Waals surface area contributed by atoms with Crippen LogP contribution in [0.4, 0.5) is 0 Å². The molecule has 0 bridgehead atoms. The summed E-state index contributed by atoms with van der Waals surface area (Å²) in [7, 11) is 0. The molecule has 1 aliphatic heterocycles. The minimum absolute atomic E-state index is 0.239. The standard InChI is InChI=1S/C18H32O13/c1-8-12(24)14(26)15(27)18(29-8)31-16(13(25)10(23)3-6-20)17(28)30-11(4-7-21)9(22)2-5-19/h2,8,10-12,14-15,17-28H,3-7H2,1H3/b9-2+,16-13-/t8?,10-,11+,12+,14?,15?,17-,18-/m0/s1. The molecule has 0 aromatic heterocycles.